The van der Waals surface area contributed by atoms with Gasteiger partial charge < -0.3 is 10.5 Å². The molecule has 2 rings (SSSR count). The highest BCUT2D eigenvalue weighted by Gasteiger charge is 2.03. The maximum Gasteiger partial charge on any atom is 0.165 e. The molecule has 0 amide bonds. The molecule has 15 heavy (non-hydrogen) atoms. The third-order valence-corrected chi connectivity index (χ3v) is 2.44. The highest BCUT2D eigenvalue weighted by Crippen LogP contribution is 2.18. The lowest BCUT2D eigenvalue weighted by molar-refractivity contribution is 0.287. The SMILES string of the molecule is Nc1cc(COc2ccccc2F)ns1. The molecular formula is C10H9FN2OS. The zero-order valence-corrected chi connectivity index (χ0v) is 8.63. The molecule has 3 nitrogen and oxygen atoms in total. The zero-order valence-electron chi connectivity index (χ0n) is 7.81. The second kappa shape index (κ2) is 4.27. The van der Waals surface area contributed by atoms with Crippen LogP contribution in [0.5, 0.6) is 5.75 Å². The maximum atomic E-state index is 13.1. The highest BCUT2D eigenvalue weighted by atomic mass is 32.1. The predicted octanol–water partition coefficient (Wildman–Crippen LogP) is 2.44. The molecule has 1 aromatic heterocycles. The summed E-state index contributed by atoms with van der Waals surface area (Å²) in [6, 6.07) is 7.97. The van der Waals surface area contributed by atoms with E-state index in [1.54, 1.807) is 24.3 Å². The smallest absolute Gasteiger partial charge is 0.165 e. The van der Waals surface area contributed by atoms with Crippen molar-refractivity contribution in [2.24, 2.45) is 0 Å². The minimum absolute atomic E-state index is 0.226. The normalized spacial score (nSPS) is 10.2. The van der Waals surface area contributed by atoms with Gasteiger partial charge in [0.25, 0.3) is 0 Å². The lowest BCUT2D eigenvalue weighted by atomic mass is 10.3. The molecule has 0 bridgehead atoms. The molecule has 2 N–H and O–H groups in total. The van der Waals surface area contributed by atoms with Gasteiger partial charge in [0.05, 0.1) is 5.69 Å². The number of hydrogen-bond donors (Lipinski definition) is 1. The van der Waals surface area contributed by atoms with Crippen LogP contribution in [-0.4, -0.2) is 4.37 Å². The molecule has 0 aliphatic rings. The van der Waals surface area contributed by atoms with Crippen molar-refractivity contribution in [3.05, 3.63) is 41.8 Å². The van der Waals surface area contributed by atoms with Gasteiger partial charge in [0, 0.05) is 0 Å². The second-order valence-corrected chi connectivity index (χ2v) is 3.78. The van der Waals surface area contributed by atoms with Gasteiger partial charge in [-0.1, -0.05) is 12.1 Å². The number of nitrogens with two attached hydrogens (primary N) is 1. The molecule has 0 atom stereocenters. The Morgan fingerprint density at radius 2 is 2.20 bits per heavy atom. The molecule has 78 valence electrons. The molecule has 0 aliphatic heterocycles. The Hall–Kier alpha value is -1.62. The average molecular weight is 224 g/mol. The molecule has 1 aromatic carbocycles. The van der Waals surface area contributed by atoms with E-state index < -0.39 is 0 Å². The van der Waals surface area contributed by atoms with Gasteiger partial charge in [-0.05, 0) is 29.7 Å². The van der Waals surface area contributed by atoms with E-state index in [1.165, 1.54) is 17.6 Å². The van der Waals surface area contributed by atoms with Crippen molar-refractivity contribution < 1.29 is 9.13 Å². The molecule has 0 radical (unpaired) electrons. The highest BCUT2D eigenvalue weighted by molar-refractivity contribution is 7.09. The number of hydrogen-bond acceptors (Lipinski definition) is 4. The zero-order chi connectivity index (χ0) is 10.7. The van der Waals surface area contributed by atoms with E-state index in [0.717, 1.165) is 0 Å². The lowest BCUT2D eigenvalue weighted by Gasteiger charge is -2.04. The quantitative estimate of drug-likeness (QED) is 0.871. The molecule has 0 saturated carbocycles. The number of aromatic nitrogens is 1. The third kappa shape index (κ3) is 2.44. The minimum atomic E-state index is -0.374. The summed E-state index contributed by atoms with van der Waals surface area (Å²) in [6.45, 7) is 0.231. The molecule has 0 unspecified atom stereocenters. The van der Waals surface area contributed by atoms with Crippen LogP contribution in [-0.2, 0) is 6.61 Å². The Morgan fingerprint density at radius 1 is 1.40 bits per heavy atom. The second-order valence-electron chi connectivity index (χ2n) is 2.94. The Balaban J connectivity index is 2.02. The van der Waals surface area contributed by atoms with Gasteiger partial charge in [0.2, 0.25) is 0 Å². The van der Waals surface area contributed by atoms with Crippen molar-refractivity contribution in [1.29, 1.82) is 0 Å². The Morgan fingerprint density at radius 3 is 2.87 bits per heavy atom. The average Bonchev–Trinajstić information content (AvgIpc) is 2.63. The molecule has 5 heteroatoms. The summed E-state index contributed by atoms with van der Waals surface area (Å²) in [6.07, 6.45) is 0. The molecule has 2 aromatic rings. The third-order valence-electron chi connectivity index (χ3n) is 1.79. The van der Waals surface area contributed by atoms with Crippen LogP contribution in [0.2, 0.25) is 0 Å². The van der Waals surface area contributed by atoms with Crippen molar-refractivity contribution in [3.8, 4) is 5.75 Å². The van der Waals surface area contributed by atoms with E-state index >= 15 is 0 Å². The van der Waals surface area contributed by atoms with Crippen LogP contribution >= 0.6 is 11.5 Å². The van der Waals surface area contributed by atoms with Gasteiger partial charge in [0.1, 0.15) is 11.6 Å². The molecule has 0 spiro atoms. The van der Waals surface area contributed by atoms with Crippen molar-refractivity contribution in [2.45, 2.75) is 6.61 Å². The van der Waals surface area contributed by atoms with Crippen molar-refractivity contribution in [2.75, 3.05) is 5.73 Å². The summed E-state index contributed by atoms with van der Waals surface area (Å²) < 4.78 is 22.4. The first-order valence-electron chi connectivity index (χ1n) is 4.34. The summed E-state index contributed by atoms with van der Waals surface area (Å²) in [7, 11) is 0. The topological polar surface area (TPSA) is 48.1 Å². The first kappa shape index (κ1) is 9.92. The summed E-state index contributed by atoms with van der Waals surface area (Å²) >= 11 is 1.20. The van der Waals surface area contributed by atoms with Crippen LogP contribution in [0.4, 0.5) is 9.39 Å². The summed E-state index contributed by atoms with van der Waals surface area (Å²) in [5.41, 5.74) is 6.21. The molecule has 0 saturated heterocycles. The van der Waals surface area contributed by atoms with E-state index in [4.69, 9.17) is 10.5 Å². The maximum absolute atomic E-state index is 13.1. The monoisotopic (exact) mass is 224 g/mol. The summed E-state index contributed by atoms with van der Waals surface area (Å²) in [4.78, 5) is 0. The Bertz CT molecular complexity index is 458. The number of rotatable bonds is 3. The van der Waals surface area contributed by atoms with Gasteiger partial charge in [-0.15, -0.1) is 0 Å². The molecular weight excluding hydrogens is 215 g/mol. The summed E-state index contributed by atoms with van der Waals surface area (Å²) in [5, 5.41) is 0.627. The fraction of sp³-hybridized carbons (Fsp3) is 0.100. The van der Waals surface area contributed by atoms with Crippen LogP contribution in [0.15, 0.2) is 30.3 Å². The first-order chi connectivity index (χ1) is 7.25. The van der Waals surface area contributed by atoms with E-state index in [1.807, 2.05) is 0 Å². The van der Waals surface area contributed by atoms with Gasteiger partial charge in [-0.2, -0.15) is 4.37 Å². The van der Waals surface area contributed by atoms with Crippen LogP contribution in [0.1, 0.15) is 5.69 Å². The van der Waals surface area contributed by atoms with Crippen molar-refractivity contribution in [3.63, 3.8) is 0 Å². The van der Waals surface area contributed by atoms with Crippen LogP contribution in [0, 0.1) is 5.82 Å². The standard InChI is InChI=1S/C10H9FN2OS/c11-8-3-1-2-4-9(8)14-6-7-5-10(12)15-13-7/h1-5H,6,12H2. The van der Waals surface area contributed by atoms with E-state index in [0.29, 0.717) is 10.7 Å². The number of nitrogens with zero attached hydrogens (tertiary/aromatic N) is 1. The first-order valence-corrected chi connectivity index (χ1v) is 5.11. The summed E-state index contributed by atoms with van der Waals surface area (Å²) in [5.74, 6) is -0.148. The van der Waals surface area contributed by atoms with E-state index in [2.05, 4.69) is 4.37 Å². The van der Waals surface area contributed by atoms with E-state index in [9.17, 15) is 4.39 Å². The largest absolute Gasteiger partial charge is 0.484 e. The molecule has 1 heterocycles. The molecule has 0 aliphatic carbocycles. The fourth-order valence-electron chi connectivity index (χ4n) is 1.11. The van der Waals surface area contributed by atoms with Gasteiger partial charge in [0.15, 0.2) is 11.6 Å². The van der Waals surface area contributed by atoms with Crippen LogP contribution < -0.4 is 10.5 Å². The van der Waals surface area contributed by atoms with Crippen molar-refractivity contribution in [1.82, 2.24) is 4.37 Å². The van der Waals surface area contributed by atoms with E-state index in [-0.39, 0.29) is 18.2 Å². The minimum Gasteiger partial charge on any atom is -0.484 e. The number of anilines is 1. The Labute approximate surface area is 90.5 Å². The van der Waals surface area contributed by atoms with Gasteiger partial charge in [-0.3, -0.25) is 0 Å². The van der Waals surface area contributed by atoms with Crippen LogP contribution in [0.3, 0.4) is 0 Å². The fourth-order valence-corrected chi connectivity index (χ4v) is 1.63. The lowest BCUT2D eigenvalue weighted by Crippen LogP contribution is -1.97. The number of ether oxygens (including phenoxy) is 1. The van der Waals surface area contributed by atoms with Crippen molar-refractivity contribution >= 4 is 16.5 Å². The number of nitrogen functional groups attached to an aromatic ring is 1. The number of benzene rings is 1. The predicted molar refractivity (Wildman–Crippen MR) is 57.3 cm³/mol. The van der Waals surface area contributed by atoms with Crippen LogP contribution in [0.25, 0.3) is 0 Å². The number of halogens is 1. The van der Waals surface area contributed by atoms with Gasteiger partial charge in [-0.25, -0.2) is 4.39 Å². The molecule has 0 fully saturated rings. The number of para-hydroxylation sites is 1. The van der Waals surface area contributed by atoms with Gasteiger partial charge >= 0.3 is 0 Å². The Kier molecular flexibility index (Phi) is 2.82.